The van der Waals surface area contributed by atoms with Gasteiger partial charge in [0.05, 0.1) is 12.1 Å². The van der Waals surface area contributed by atoms with Gasteiger partial charge >= 0.3 is 5.97 Å². The Hall–Kier alpha value is -1.61. The number of aromatic carboxylic acids is 1. The van der Waals surface area contributed by atoms with Crippen molar-refractivity contribution >= 4 is 46.6 Å². The second-order valence-corrected chi connectivity index (χ2v) is 9.01. The first-order valence-corrected chi connectivity index (χ1v) is 10.7. The van der Waals surface area contributed by atoms with Gasteiger partial charge in [0.15, 0.2) is 10.0 Å². The Labute approximate surface area is 170 Å². The van der Waals surface area contributed by atoms with Crippen LogP contribution in [-0.2, 0) is 4.79 Å². The molecule has 0 spiro atoms. The molecule has 1 unspecified atom stereocenters. The number of carbonyl (C=O) groups excluding carboxylic acids is 1. The van der Waals surface area contributed by atoms with E-state index in [1.165, 1.54) is 28.5 Å². The molecule has 1 saturated heterocycles. The minimum absolute atomic E-state index is 0.0520. The number of aromatic nitrogens is 1. The van der Waals surface area contributed by atoms with Crippen LogP contribution in [0, 0.1) is 6.92 Å². The predicted octanol–water partition coefficient (Wildman–Crippen LogP) is 3.59. The maximum atomic E-state index is 12.3. The molecule has 0 aliphatic carbocycles. The highest BCUT2D eigenvalue weighted by Gasteiger charge is 2.35. The Bertz CT molecular complexity index is 858. The maximum absolute atomic E-state index is 12.3. The van der Waals surface area contributed by atoms with Crippen LogP contribution in [0.25, 0.3) is 0 Å². The van der Waals surface area contributed by atoms with Crippen molar-refractivity contribution in [3.8, 4) is 0 Å². The van der Waals surface area contributed by atoms with E-state index in [0.717, 1.165) is 17.5 Å². The van der Waals surface area contributed by atoms with Gasteiger partial charge in [-0.05, 0) is 36.6 Å². The number of nitrogens with zero attached hydrogens (tertiary/aromatic N) is 2. The Kier molecular flexibility index (Phi) is 6.41. The minimum atomic E-state index is -1.03. The maximum Gasteiger partial charge on any atom is 0.355 e. The third kappa shape index (κ3) is 4.63. The lowest BCUT2D eigenvalue weighted by Crippen LogP contribution is -2.41. The van der Waals surface area contributed by atoms with Crippen molar-refractivity contribution in [2.45, 2.75) is 36.2 Å². The first-order chi connectivity index (χ1) is 12.9. The summed E-state index contributed by atoms with van der Waals surface area (Å²) in [4.78, 5) is 29.1. The van der Waals surface area contributed by atoms with Gasteiger partial charge in [-0.25, -0.2) is 9.78 Å². The Morgan fingerprint density at radius 2 is 2.33 bits per heavy atom. The fourth-order valence-corrected chi connectivity index (χ4v) is 5.33. The van der Waals surface area contributed by atoms with Crippen LogP contribution in [0.3, 0.4) is 0 Å². The summed E-state index contributed by atoms with van der Waals surface area (Å²) in [5, 5.41) is 11.1. The standard InChI is InChI=1S/C18H20ClN3O3S2/c1-10-8-11(19)2-3-12(10)16(20)14-4-5-15(23)22(14)6-7-26-18-21-13(9-27-18)17(24)25/h2-3,8-9,14,16H,4-7,20H2,1H3,(H,24,25)/t14-,16?/m1/s1. The highest BCUT2D eigenvalue weighted by atomic mass is 35.5. The van der Waals surface area contributed by atoms with E-state index in [1.807, 2.05) is 30.0 Å². The van der Waals surface area contributed by atoms with Gasteiger partial charge in [0.1, 0.15) is 0 Å². The third-order valence-electron chi connectivity index (χ3n) is 4.64. The number of carboxylic acid groups (broad SMARTS) is 1. The van der Waals surface area contributed by atoms with Gasteiger partial charge in [-0.3, -0.25) is 4.79 Å². The van der Waals surface area contributed by atoms with E-state index in [-0.39, 0.29) is 23.7 Å². The van der Waals surface area contributed by atoms with Crippen LogP contribution in [-0.4, -0.2) is 45.2 Å². The molecule has 3 rings (SSSR count). The van der Waals surface area contributed by atoms with Crippen molar-refractivity contribution < 1.29 is 14.7 Å². The SMILES string of the molecule is Cc1cc(Cl)ccc1C(N)[C@H]1CCC(=O)N1CCSc1nc(C(=O)O)cs1. The lowest BCUT2D eigenvalue weighted by atomic mass is 9.94. The normalized spacial score (nSPS) is 18.1. The number of amides is 1. The minimum Gasteiger partial charge on any atom is -0.476 e. The van der Waals surface area contributed by atoms with Crippen molar-refractivity contribution in [3.63, 3.8) is 0 Å². The average molecular weight is 426 g/mol. The molecule has 1 aliphatic rings. The largest absolute Gasteiger partial charge is 0.476 e. The molecule has 1 fully saturated rings. The number of benzene rings is 1. The molecule has 6 nitrogen and oxygen atoms in total. The summed E-state index contributed by atoms with van der Waals surface area (Å²) in [7, 11) is 0. The molecule has 9 heteroatoms. The first kappa shape index (κ1) is 20.1. The Balaban J connectivity index is 1.64. The molecule has 2 atom stereocenters. The second-order valence-electron chi connectivity index (χ2n) is 6.37. The van der Waals surface area contributed by atoms with Gasteiger partial charge < -0.3 is 15.7 Å². The van der Waals surface area contributed by atoms with E-state index in [2.05, 4.69) is 4.98 Å². The molecular formula is C18H20ClN3O3S2. The van der Waals surface area contributed by atoms with E-state index in [0.29, 0.717) is 28.1 Å². The van der Waals surface area contributed by atoms with Crippen molar-refractivity contribution in [2.24, 2.45) is 5.73 Å². The molecule has 1 aromatic carbocycles. The first-order valence-electron chi connectivity index (χ1n) is 8.49. The van der Waals surface area contributed by atoms with Gasteiger partial charge in [-0.2, -0.15) is 0 Å². The number of nitrogens with two attached hydrogens (primary N) is 1. The lowest BCUT2D eigenvalue weighted by Gasteiger charge is -2.30. The number of likely N-dealkylation sites (tertiary alicyclic amines) is 1. The van der Waals surface area contributed by atoms with Crippen LogP contribution in [0.5, 0.6) is 0 Å². The molecule has 3 N–H and O–H groups in total. The zero-order chi connectivity index (χ0) is 19.6. The summed E-state index contributed by atoms with van der Waals surface area (Å²) >= 11 is 8.78. The van der Waals surface area contributed by atoms with Crippen LogP contribution in [0.2, 0.25) is 5.02 Å². The predicted molar refractivity (Wildman–Crippen MR) is 108 cm³/mol. The highest BCUT2D eigenvalue weighted by Crippen LogP contribution is 2.32. The monoisotopic (exact) mass is 425 g/mol. The quantitative estimate of drug-likeness (QED) is 0.658. The van der Waals surface area contributed by atoms with Crippen LogP contribution < -0.4 is 5.73 Å². The van der Waals surface area contributed by atoms with Crippen LogP contribution >= 0.6 is 34.7 Å². The zero-order valence-electron chi connectivity index (χ0n) is 14.7. The van der Waals surface area contributed by atoms with Crippen molar-refractivity contribution in [2.75, 3.05) is 12.3 Å². The number of hydrogen-bond donors (Lipinski definition) is 2. The third-order valence-corrected chi connectivity index (χ3v) is 6.88. The number of rotatable bonds is 7. The molecular weight excluding hydrogens is 406 g/mol. The summed E-state index contributed by atoms with van der Waals surface area (Å²) in [5.74, 6) is -0.286. The van der Waals surface area contributed by atoms with Crippen LogP contribution in [0.1, 0.15) is 40.5 Å². The summed E-state index contributed by atoms with van der Waals surface area (Å²) in [6.07, 6.45) is 1.23. The van der Waals surface area contributed by atoms with Gasteiger partial charge in [0, 0.05) is 29.1 Å². The molecule has 27 heavy (non-hydrogen) atoms. The second kappa shape index (κ2) is 8.60. The van der Waals surface area contributed by atoms with Gasteiger partial charge in [-0.15, -0.1) is 11.3 Å². The molecule has 2 aromatic rings. The van der Waals surface area contributed by atoms with Crippen molar-refractivity contribution in [3.05, 3.63) is 45.4 Å². The molecule has 1 aliphatic heterocycles. The zero-order valence-corrected chi connectivity index (χ0v) is 17.1. The summed E-state index contributed by atoms with van der Waals surface area (Å²) in [5.41, 5.74) is 8.58. The molecule has 2 heterocycles. The molecule has 0 saturated carbocycles. The average Bonchev–Trinajstić information content (AvgIpc) is 3.22. The van der Waals surface area contributed by atoms with E-state index in [4.69, 9.17) is 22.4 Å². The smallest absolute Gasteiger partial charge is 0.355 e. The Morgan fingerprint density at radius 1 is 1.56 bits per heavy atom. The van der Waals surface area contributed by atoms with E-state index < -0.39 is 5.97 Å². The Morgan fingerprint density at radius 3 is 3.00 bits per heavy atom. The highest BCUT2D eigenvalue weighted by molar-refractivity contribution is 8.01. The van der Waals surface area contributed by atoms with Gasteiger partial charge in [0.25, 0.3) is 0 Å². The van der Waals surface area contributed by atoms with Crippen LogP contribution in [0.4, 0.5) is 0 Å². The van der Waals surface area contributed by atoms with Crippen molar-refractivity contribution in [1.29, 1.82) is 0 Å². The summed E-state index contributed by atoms with van der Waals surface area (Å²) in [6, 6.07) is 5.32. The molecule has 144 valence electrons. The number of aryl methyl sites for hydroxylation is 1. The molecule has 1 amide bonds. The number of thiazole rings is 1. The molecule has 1 aromatic heterocycles. The summed E-state index contributed by atoms with van der Waals surface area (Å²) in [6.45, 7) is 2.52. The topological polar surface area (TPSA) is 96.5 Å². The number of halogens is 1. The fourth-order valence-electron chi connectivity index (χ4n) is 3.29. The number of thioether (sulfide) groups is 1. The molecule has 0 radical (unpaired) electrons. The van der Waals surface area contributed by atoms with E-state index in [9.17, 15) is 9.59 Å². The van der Waals surface area contributed by atoms with Crippen LogP contribution in [0.15, 0.2) is 27.9 Å². The number of carboxylic acids is 1. The van der Waals surface area contributed by atoms with Gasteiger partial charge in [0.2, 0.25) is 5.91 Å². The lowest BCUT2D eigenvalue weighted by molar-refractivity contribution is -0.128. The fraction of sp³-hybridized carbons (Fsp3) is 0.389. The number of hydrogen-bond acceptors (Lipinski definition) is 6. The number of carbonyl (C=O) groups is 2. The van der Waals surface area contributed by atoms with Crippen molar-refractivity contribution in [1.82, 2.24) is 9.88 Å². The molecule has 0 bridgehead atoms. The van der Waals surface area contributed by atoms with E-state index in [1.54, 1.807) is 0 Å². The van der Waals surface area contributed by atoms with E-state index >= 15 is 0 Å². The summed E-state index contributed by atoms with van der Waals surface area (Å²) < 4.78 is 0.688. The van der Waals surface area contributed by atoms with Gasteiger partial charge in [-0.1, -0.05) is 29.4 Å².